The number of nitrogens with one attached hydrogen (secondary N) is 2. The van der Waals surface area contributed by atoms with Gasteiger partial charge >= 0.3 is 6.09 Å². The number of hydrogen-bond donors (Lipinski definition) is 3. The Labute approximate surface area is 211 Å². The van der Waals surface area contributed by atoms with Crippen molar-refractivity contribution in [3.8, 4) is 17.2 Å². The van der Waals surface area contributed by atoms with Gasteiger partial charge in [-0.1, -0.05) is 43.5 Å². The normalized spacial score (nSPS) is 18.6. The number of rotatable bonds is 9. The van der Waals surface area contributed by atoms with Gasteiger partial charge in [0.15, 0.2) is 0 Å². The van der Waals surface area contributed by atoms with E-state index >= 15 is 0 Å². The molecule has 1 unspecified atom stereocenters. The number of nitrogens with zero attached hydrogens (tertiary/aromatic N) is 4. The molecule has 192 valence electrons. The van der Waals surface area contributed by atoms with E-state index < -0.39 is 23.6 Å². The highest BCUT2D eigenvalue weighted by atomic mass is 16.5. The van der Waals surface area contributed by atoms with Crippen molar-refractivity contribution in [2.45, 2.75) is 56.7 Å². The van der Waals surface area contributed by atoms with Crippen LogP contribution in [-0.4, -0.2) is 76.2 Å². The van der Waals surface area contributed by atoms with E-state index in [1.54, 1.807) is 0 Å². The third-order valence-corrected chi connectivity index (χ3v) is 7.06. The maximum atomic E-state index is 13.0. The minimum absolute atomic E-state index is 0.338. The topological polar surface area (TPSA) is 133 Å². The Bertz CT molecular complexity index is 1060. The van der Waals surface area contributed by atoms with Gasteiger partial charge in [-0.2, -0.15) is 10.4 Å². The monoisotopic (exact) mass is 494 g/mol. The fourth-order valence-corrected chi connectivity index (χ4v) is 4.97. The maximum Gasteiger partial charge on any atom is 0.405 e. The van der Waals surface area contributed by atoms with Gasteiger partial charge in [-0.05, 0) is 24.0 Å². The quantitative estimate of drug-likeness (QED) is 0.488. The molecule has 1 saturated carbocycles. The average Bonchev–Trinajstić information content (AvgIpc) is 3.37. The molecule has 1 aliphatic carbocycles. The molecule has 0 radical (unpaired) electrons. The number of aromatic nitrogens is 2. The average molecular weight is 495 g/mol. The van der Waals surface area contributed by atoms with Crippen LogP contribution in [0.15, 0.2) is 36.7 Å². The van der Waals surface area contributed by atoms with Crippen LogP contribution in [0.2, 0.25) is 0 Å². The second-order valence-corrected chi connectivity index (χ2v) is 9.58. The molecule has 1 atom stereocenters. The Balaban J connectivity index is 1.33. The zero-order valence-electron chi connectivity index (χ0n) is 20.5. The van der Waals surface area contributed by atoms with Crippen LogP contribution >= 0.6 is 0 Å². The summed E-state index contributed by atoms with van der Waals surface area (Å²) >= 11 is 0. The second kappa shape index (κ2) is 12.0. The number of amides is 2. The van der Waals surface area contributed by atoms with Gasteiger partial charge in [0.1, 0.15) is 11.6 Å². The Morgan fingerprint density at radius 2 is 1.83 bits per heavy atom. The minimum atomic E-state index is -1.22. The molecule has 2 heterocycles. The molecule has 1 aromatic carbocycles. The van der Waals surface area contributed by atoms with Crippen LogP contribution in [0.25, 0.3) is 11.1 Å². The molecule has 0 spiro atoms. The highest BCUT2D eigenvalue weighted by Gasteiger charge is 2.41. The predicted molar refractivity (Wildman–Crippen MR) is 133 cm³/mol. The number of nitriles is 1. The Kier molecular flexibility index (Phi) is 8.57. The fraction of sp³-hybridized carbons (Fsp3) is 0.538. The molecule has 2 fully saturated rings. The predicted octanol–water partition coefficient (Wildman–Crippen LogP) is 2.40. The van der Waals surface area contributed by atoms with Gasteiger partial charge in [0.05, 0.1) is 32.0 Å². The first kappa shape index (κ1) is 25.7. The summed E-state index contributed by atoms with van der Waals surface area (Å²) in [5, 5.41) is 28.6. The molecule has 0 bridgehead atoms. The molecular formula is C26H34N6O4. The lowest BCUT2D eigenvalue weighted by molar-refractivity contribution is -0.129. The lowest BCUT2D eigenvalue weighted by atomic mass is 9.80. The first-order valence-electron chi connectivity index (χ1n) is 12.6. The van der Waals surface area contributed by atoms with Crippen LogP contribution in [0.3, 0.4) is 0 Å². The van der Waals surface area contributed by atoms with Gasteiger partial charge in [0.2, 0.25) is 5.91 Å². The number of carboxylic acid groups (broad SMARTS) is 1. The highest BCUT2D eigenvalue weighted by molar-refractivity contribution is 5.90. The van der Waals surface area contributed by atoms with Crippen molar-refractivity contribution < 1.29 is 19.4 Å². The molecule has 2 aromatic rings. The molecular weight excluding hydrogens is 460 g/mol. The largest absolute Gasteiger partial charge is 0.465 e. The zero-order chi connectivity index (χ0) is 25.4. The van der Waals surface area contributed by atoms with Gasteiger partial charge in [-0.15, -0.1) is 0 Å². The Hall–Kier alpha value is -3.42. The van der Waals surface area contributed by atoms with E-state index in [0.717, 1.165) is 75.3 Å². The van der Waals surface area contributed by atoms with Gasteiger partial charge < -0.3 is 20.5 Å². The number of morpholine rings is 1. The summed E-state index contributed by atoms with van der Waals surface area (Å²) in [6.07, 6.45) is 6.41. The standard InChI is InChI=1S/C26H34N6O4/c27-17-23(29-24(33)26(30-25(34)35)8-2-1-3-9-26)16-20-4-6-21(7-5-20)22-18-28-32(19-22)11-10-31-12-14-36-15-13-31/h4-7,18-19,23,30H,1-3,8-16H2,(H,29,33)(H,34,35). The zero-order valence-corrected chi connectivity index (χ0v) is 20.5. The molecule has 2 aliphatic rings. The van der Waals surface area contributed by atoms with Crippen molar-refractivity contribution in [1.82, 2.24) is 25.3 Å². The molecule has 1 aromatic heterocycles. The van der Waals surface area contributed by atoms with Crippen molar-refractivity contribution in [3.63, 3.8) is 0 Å². The minimum Gasteiger partial charge on any atom is -0.465 e. The van der Waals surface area contributed by atoms with Gasteiger partial charge in [-0.25, -0.2) is 4.79 Å². The van der Waals surface area contributed by atoms with E-state index in [9.17, 15) is 20.0 Å². The summed E-state index contributed by atoms with van der Waals surface area (Å²) in [6, 6.07) is 9.27. The summed E-state index contributed by atoms with van der Waals surface area (Å²) in [5.41, 5.74) is 1.80. The van der Waals surface area contributed by atoms with Crippen LogP contribution in [0, 0.1) is 11.3 Å². The highest BCUT2D eigenvalue weighted by Crippen LogP contribution is 2.29. The van der Waals surface area contributed by atoms with Gasteiger partial charge in [0, 0.05) is 37.8 Å². The lowest BCUT2D eigenvalue weighted by Crippen LogP contribution is -2.61. The van der Waals surface area contributed by atoms with Gasteiger partial charge in [-0.3, -0.25) is 14.4 Å². The molecule has 36 heavy (non-hydrogen) atoms. The fourth-order valence-electron chi connectivity index (χ4n) is 4.97. The first-order valence-corrected chi connectivity index (χ1v) is 12.6. The van der Waals surface area contributed by atoms with Crippen molar-refractivity contribution in [1.29, 1.82) is 5.26 Å². The van der Waals surface area contributed by atoms with E-state index in [-0.39, 0.29) is 0 Å². The molecule has 10 nitrogen and oxygen atoms in total. The number of ether oxygens (including phenoxy) is 1. The number of benzene rings is 1. The first-order chi connectivity index (χ1) is 17.5. The van der Waals surface area contributed by atoms with Crippen LogP contribution in [0.1, 0.15) is 37.7 Å². The smallest absolute Gasteiger partial charge is 0.405 e. The third kappa shape index (κ3) is 6.62. The lowest BCUT2D eigenvalue weighted by Gasteiger charge is -2.36. The number of hydrogen-bond acceptors (Lipinski definition) is 6. The van der Waals surface area contributed by atoms with E-state index in [2.05, 4.69) is 26.7 Å². The summed E-state index contributed by atoms with van der Waals surface area (Å²) in [5.74, 6) is -0.419. The van der Waals surface area contributed by atoms with Crippen LogP contribution < -0.4 is 10.6 Å². The van der Waals surface area contributed by atoms with E-state index in [1.165, 1.54) is 0 Å². The SMILES string of the molecule is N#CC(Cc1ccc(-c2cnn(CCN3CCOCC3)c2)cc1)NC(=O)C1(NC(=O)O)CCCCC1. The summed E-state index contributed by atoms with van der Waals surface area (Å²) in [6.45, 7) is 5.24. The summed E-state index contributed by atoms with van der Waals surface area (Å²) in [7, 11) is 0. The van der Waals surface area contributed by atoms with E-state index in [4.69, 9.17) is 4.74 Å². The molecule has 3 N–H and O–H groups in total. The van der Waals surface area contributed by atoms with Crippen LogP contribution in [0.4, 0.5) is 4.79 Å². The Morgan fingerprint density at radius 1 is 1.11 bits per heavy atom. The summed E-state index contributed by atoms with van der Waals surface area (Å²) in [4.78, 5) is 26.7. The molecule has 1 saturated heterocycles. The van der Waals surface area contributed by atoms with Crippen molar-refractivity contribution in [2.24, 2.45) is 0 Å². The van der Waals surface area contributed by atoms with E-state index in [0.29, 0.717) is 19.3 Å². The van der Waals surface area contributed by atoms with Crippen molar-refractivity contribution >= 4 is 12.0 Å². The molecule has 4 rings (SSSR count). The van der Waals surface area contributed by atoms with Crippen molar-refractivity contribution in [2.75, 3.05) is 32.8 Å². The molecule has 2 amide bonds. The molecule has 10 heteroatoms. The summed E-state index contributed by atoms with van der Waals surface area (Å²) < 4.78 is 7.34. The van der Waals surface area contributed by atoms with Crippen LogP contribution in [-0.2, 0) is 22.5 Å². The van der Waals surface area contributed by atoms with Crippen LogP contribution in [0.5, 0.6) is 0 Å². The van der Waals surface area contributed by atoms with E-state index in [1.807, 2.05) is 41.3 Å². The van der Waals surface area contributed by atoms with Crippen molar-refractivity contribution in [3.05, 3.63) is 42.2 Å². The maximum absolute atomic E-state index is 13.0. The molecule has 1 aliphatic heterocycles. The van der Waals surface area contributed by atoms with Gasteiger partial charge in [0.25, 0.3) is 0 Å². The number of carbonyl (C=O) groups excluding carboxylic acids is 1. The Morgan fingerprint density at radius 3 is 2.50 bits per heavy atom. The second-order valence-electron chi connectivity index (χ2n) is 9.58. The third-order valence-electron chi connectivity index (χ3n) is 7.06. The number of carbonyl (C=O) groups is 2.